The number of furan rings is 1. The predicted molar refractivity (Wildman–Crippen MR) is 110 cm³/mol. The Morgan fingerprint density at radius 2 is 1.19 bits per heavy atom. The Labute approximate surface area is 156 Å². The van der Waals surface area contributed by atoms with Gasteiger partial charge in [-0.05, 0) is 58.7 Å². The van der Waals surface area contributed by atoms with Crippen molar-refractivity contribution in [1.29, 1.82) is 0 Å². The Hall–Kier alpha value is -3.03. The molecule has 0 saturated carbocycles. The Kier molecular flexibility index (Phi) is 3.55. The lowest BCUT2D eigenvalue weighted by atomic mass is 9.98. The first kappa shape index (κ1) is 15.2. The van der Waals surface area contributed by atoms with Gasteiger partial charge in [0.25, 0.3) is 0 Å². The zero-order valence-electron chi connectivity index (χ0n) is 13.9. The van der Waals surface area contributed by atoms with Gasteiger partial charge in [0.05, 0.1) is 0 Å². The molecule has 1 heterocycles. The summed E-state index contributed by atoms with van der Waals surface area (Å²) < 4.78 is 5.93. The molecule has 0 radical (unpaired) electrons. The summed E-state index contributed by atoms with van der Waals surface area (Å²) in [6, 6.07) is 30.9. The van der Waals surface area contributed by atoms with Crippen LogP contribution in [0.2, 0.25) is 5.02 Å². The van der Waals surface area contributed by atoms with E-state index in [0.29, 0.717) is 0 Å². The molecule has 5 rings (SSSR count). The molecule has 0 atom stereocenters. The summed E-state index contributed by atoms with van der Waals surface area (Å²) in [5.74, 6) is 0. The molecule has 0 amide bonds. The number of fused-ring (bicyclic) bond motifs is 3. The van der Waals surface area contributed by atoms with Gasteiger partial charge >= 0.3 is 0 Å². The molecule has 0 saturated heterocycles. The lowest BCUT2D eigenvalue weighted by molar-refractivity contribution is 0.669. The summed E-state index contributed by atoms with van der Waals surface area (Å²) >= 11 is 6.42. The van der Waals surface area contributed by atoms with E-state index in [4.69, 9.17) is 16.0 Å². The summed E-state index contributed by atoms with van der Waals surface area (Å²) in [7, 11) is 0. The predicted octanol–water partition coefficient (Wildman–Crippen LogP) is 7.57. The Morgan fingerprint density at radius 1 is 0.500 bits per heavy atom. The van der Waals surface area contributed by atoms with Crippen LogP contribution in [-0.2, 0) is 0 Å². The maximum atomic E-state index is 6.42. The highest BCUT2D eigenvalue weighted by Crippen LogP contribution is 2.35. The molecule has 0 fully saturated rings. The third-order valence-corrected chi connectivity index (χ3v) is 4.93. The summed E-state index contributed by atoms with van der Waals surface area (Å²) in [4.78, 5) is 0. The summed E-state index contributed by atoms with van der Waals surface area (Å²) in [5, 5.41) is 2.99. The fourth-order valence-electron chi connectivity index (χ4n) is 3.46. The number of benzene rings is 4. The topological polar surface area (TPSA) is 13.1 Å². The zero-order valence-corrected chi connectivity index (χ0v) is 14.7. The van der Waals surface area contributed by atoms with E-state index in [-0.39, 0.29) is 0 Å². The van der Waals surface area contributed by atoms with Crippen LogP contribution in [0.5, 0.6) is 0 Å². The highest BCUT2D eigenvalue weighted by atomic mass is 35.5. The van der Waals surface area contributed by atoms with Crippen LogP contribution in [0.1, 0.15) is 0 Å². The van der Waals surface area contributed by atoms with E-state index in [1.807, 2.05) is 54.6 Å². The van der Waals surface area contributed by atoms with Gasteiger partial charge in [0.15, 0.2) is 0 Å². The third-order valence-electron chi connectivity index (χ3n) is 4.71. The molecule has 0 aliphatic heterocycles. The fraction of sp³-hybridized carbons (Fsp3) is 0. The Bertz CT molecular complexity index is 1240. The van der Waals surface area contributed by atoms with Crippen LogP contribution in [0, 0.1) is 0 Å². The summed E-state index contributed by atoms with van der Waals surface area (Å²) in [6.07, 6.45) is 0. The van der Waals surface area contributed by atoms with Crippen LogP contribution in [0.15, 0.2) is 95.4 Å². The summed E-state index contributed by atoms with van der Waals surface area (Å²) in [5.41, 5.74) is 6.32. The third kappa shape index (κ3) is 2.58. The zero-order chi connectivity index (χ0) is 17.5. The minimum atomic E-state index is 0.735. The van der Waals surface area contributed by atoms with Gasteiger partial charge in [-0.25, -0.2) is 0 Å². The molecule has 1 nitrogen and oxygen atoms in total. The molecule has 5 aromatic rings. The van der Waals surface area contributed by atoms with Crippen LogP contribution < -0.4 is 0 Å². The van der Waals surface area contributed by atoms with Crippen molar-refractivity contribution in [3.8, 4) is 22.3 Å². The molecule has 0 bridgehead atoms. The van der Waals surface area contributed by atoms with Crippen molar-refractivity contribution in [2.75, 3.05) is 0 Å². The molecule has 0 aliphatic carbocycles. The standard InChI is InChI=1S/C24H15ClO/c25-20-13-18(16-6-2-1-3-7-16)12-19(14-20)17-10-11-24-22(15-17)21-8-4-5-9-23(21)26-24/h1-15H. The molecule has 26 heavy (non-hydrogen) atoms. The first-order valence-corrected chi connectivity index (χ1v) is 8.93. The van der Waals surface area contributed by atoms with Crippen molar-refractivity contribution in [3.63, 3.8) is 0 Å². The smallest absolute Gasteiger partial charge is 0.135 e. The van der Waals surface area contributed by atoms with E-state index in [2.05, 4.69) is 36.4 Å². The number of halogens is 1. The lowest BCUT2D eigenvalue weighted by Gasteiger charge is -2.08. The maximum Gasteiger partial charge on any atom is 0.135 e. The van der Waals surface area contributed by atoms with Gasteiger partial charge in [0.1, 0.15) is 11.2 Å². The normalized spacial score (nSPS) is 11.3. The first-order chi connectivity index (χ1) is 12.8. The van der Waals surface area contributed by atoms with E-state index < -0.39 is 0 Å². The van der Waals surface area contributed by atoms with Gasteiger partial charge in [-0.1, -0.05) is 66.2 Å². The molecule has 0 N–H and O–H groups in total. The van der Waals surface area contributed by atoms with Crippen molar-refractivity contribution in [3.05, 3.63) is 96.0 Å². The largest absolute Gasteiger partial charge is 0.456 e. The molecule has 0 spiro atoms. The second-order valence-corrected chi connectivity index (χ2v) is 6.84. The van der Waals surface area contributed by atoms with Crippen LogP contribution in [-0.4, -0.2) is 0 Å². The van der Waals surface area contributed by atoms with Gasteiger partial charge in [-0.2, -0.15) is 0 Å². The van der Waals surface area contributed by atoms with Gasteiger partial charge < -0.3 is 4.42 Å². The molecule has 124 valence electrons. The molecule has 1 aromatic heterocycles. The molecular weight excluding hydrogens is 340 g/mol. The highest BCUT2D eigenvalue weighted by molar-refractivity contribution is 6.31. The Morgan fingerprint density at radius 3 is 2.04 bits per heavy atom. The van der Waals surface area contributed by atoms with Crippen LogP contribution in [0.25, 0.3) is 44.2 Å². The molecular formula is C24H15ClO. The van der Waals surface area contributed by atoms with Crippen molar-refractivity contribution < 1.29 is 4.42 Å². The van der Waals surface area contributed by atoms with Gasteiger partial charge in [0, 0.05) is 15.8 Å². The van der Waals surface area contributed by atoms with Gasteiger partial charge in [-0.15, -0.1) is 0 Å². The Balaban J connectivity index is 1.70. The average molecular weight is 355 g/mol. The van der Waals surface area contributed by atoms with Gasteiger partial charge in [-0.3, -0.25) is 0 Å². The van der Waals surface area contributed by atoms with Crippen molar-refractivity contribution in [2.24, 2.45) is 0 Å². The number of para-hydroxylation sites is 1. The van der Waals surface area contributed by atoms with Crippen LogP contribution in [0.3, 0.4) is 0 Å². The minimum absolute atomic E-state index is 0.735. The fourth-order valence-corrected chi connectivity index (χ4v) is 3.69. The number of rotatable bonds is 2. The van der Waals surface area contributed by atoms with Crippen molar-refractivity contribution in [2.45, 2.75) is 0 Å². The maximum absolute atomic E-state index is 6.42. The van der Waals surface area contributed by atoms with Crippen molar-refractivity contribution in [1.82, 2.24) is 0 Å². The highest BCUT2D eigenvalue weighted by Gasteiger charge is 2.09. The SMILES string of the molecule is Clc1cc(-c2ccccc2)cc(-c2ccc3oc4ccccc4c3c2)c1. The first-order valence-electron chi connectivity index (χ1n) is 8.56. The second kappa shape index (κ2) is 6.05. The summed E-state index contributed by atoms with van der Waals surface area (Å²) in [6.45, 7) is 0. The van der Waals surface area contributed by atoms with Crippen LogP contribution in [0.4, 0.5) is 0 Å². The minimum Gasteiger partial charge on any atom is -0.456 e. The van der Waals surface area contributed by atoms with E-state index in [9.17, 15) is 0 Å². The molecule has 0 aliphatic rings. The van der Waals surface area contributed by atoms with Gasteiger partial charge in [0.2, 0.25) is 0 Å². The van der Waals surface area contributed by atoms with E-state index in [1.165, 1.54) is 0 Å². The second-order valence-electron chi connectivity index (χ2n) is 6.40. The quantitative estimate of drug-likeness (QED) is 0.318. The van der Waals surface area contributed by atoms with E-state index >= 15 is 0 Å². The van der Waals surface area contributed by atoms with E-state index in [1.54, 1.807) is 0 Å². The molecule has 0 unspecified atom stereocenters. The average Bonchev–Trinajstić information content (AvgIpc) is 3.06. The number of hydrogen-bond acceptors (Lipinski definition) is 1. The lowest BCUT2D eigenvalue weighted by Crippen LogP contribution is -1.82. The monoisotopic (exact) mass is 354 g/mol. The molecule has 4 aromatic carbocycles. The number of hydrogen-bond donors (Lipinski definition) is 0. The van der Waals surface area contributed by atoms with Crippen LogP contribution >= 0.6 is 11.6 Å². The van der Waals surface area contributed by atoms with E-state index in [0.717, 1.165) is 49.2 Å². The molecule has 2 heteroatoms. The van der Waals surface area contributed by atoms with Crippen molar-refractivity contribution >= 4 is 33.5 Å².